The van der Waals surface area contributed by atoms with Crippen LogP contribution in [0.5, 0.6) is 0 Å². The number of hydrogen-bond acceptors (Lipinski definition) is 7. The van der Waals surface area contributed by atoms with Gasteiger partial charge in [0.15, 0.2) is 0 Å². The van der Waals surface area contributed by atoms with E-state index in [9.17, 15) is 10.4 Å². The normalized spacial score (nSPS) is 10.5. The minimum Gasteiger partial charge on any atom is -0.588 e. The fourth-order valence-electron chi connectivity index (χ4n) is 0.576. The van der Waals surface area contributed by atoms with Gasteiger partial charge in [0.25, 0.3) is 0 Å². The zero-order valence-corrected chi connectivity index (χ0v) is 4.91. The maximum absolute atomic E-state index is 10.6. The quantitative estimate of drug-likeness (QED) is 0.300. The zero-order valence-electron chi connectivity index (χ0n) is 4.91. The summed E-state index contributed by atoms with van der Waals surface area (Å²) in [6, 6.07) is 0. The van der Waals surface area contributed by atoms with Gasteiger partial charge in [-0.25, -0.2) is 4.63 Å². The van der Waals surface area contributed by atoms with Crippen LogP contribution in [-0.2, 0) is 0 Å². The molecule has 0 bridgehead atoms. The van der Waals surface area contributed by atoms with E-state index < -0.39 is 0 Å². The summed E-state index contributed by atoms with van der Waals surface area (Å²) in [5, 5.41) is 33.3. The Kier molecular flexibility index (Phi) is 0.888. The summed E-state index contributed by atoms with van der Waals surface area (Å²) >= 11 is 0. The molecule has 2 aromatic rings. The van der Waals surface area contributed by atoms with Gasteiger partial charge in [-0.15, -0.1) is 0 Å². The second-order valence-corrected chi connectivity index (χ2v) is 1.63. The van der Waals surface area contributed by atoms with Gasteiger partial charge in [-0.3, -0.25) is 0 Å². The number of aromatic nitrogens is 6. The Labute approximate surface area is 57.9 Å². The molecule has 56 valence electrons. The summed E-state index contributed by atoms with van der Waals surface area (Å²) in [6.07, 6.45) is 0. The number of hydrogen-bond donors (Lipinski definition) is 0. The van der Waals surface area contributed by atoms with Crippen LogP contribution in [0.1, 0.15) is 0 Å². The van der Waals surface area contributed by atoms with E-state index in [-0.39, 0.29) is 21.1 Å². The second-order valence-electron chi connectivity index (χ2n) is 1.63. The van der Waals surface area contributed by atoms with Crippen molar-refractivity contribution in [3.05, 3.63) is 10.4 Å². The van der Waals surface area contributed by atoms with Crippen LogP contribution in [-0.4, -0.2) is 20.6 Å². The Balaban J connectivity index is 2.91. The molecule has 0 saturated heterocycles. The van der Waals surface area contributed by atoms with Gasteiger partial charge >= 0.3 is 16.5 Å². The van der Waals surface area contributed by atoms with Crippen molar-refractivity contribution < 1.29 is 14.4 Å². The lowest BCUT2D eigenvalue weighted by Crippen LogP contribution is -2.50. The van der Waals surface area contributed by atoms with Crippen molar-refractivity contribution in [3.8, 4) is 0 Å². The summed E-state index contributed by atoms with van der Waals surface area (Å²) in [4.78, 5) is -0.189. The molecule has 0 fully saturated rings. The fraction of sp³-hybridized carbons (Fsp3) is 0. The van der Waals surface area contributed by atoms with Crippen molar-refractivity contribution in [1.29, 1.82) is 0 Å². The SMILES string of the molecule is [O-][n+]1nc2nonc2[n+]([O-])n1. The van der Waals surface area contributed by atoms with Gasteiger partial charge in [-0.2, -0.15) is 0 Å². The zero-order chi connectivity index (χ0) is 7.84. The van der Waals surface area contributed by atoms with Crippen LogP contribution >= 0.6 is 0 Å². The third-order valence-corrected chi connectivity index (χ3v) is 0.974. The number of rotatable bonds is 0. The molecule has 0 aliphatic heterocycles. The minimum absolute atomic E-state index is 0.0220. The molecule has 2 aromatic heterocycles. The molecule has 11 heavy (non-hydrogen) atoms. The van der Waals surface area contributed by atoms with E-state index >= 15 is 0 Å². The molecule has 0 aliphatic rings. The molecule has 9 nitrogen and oxygen atoms in total. The highest BCUT2D eigenvalue weighted by Gasteiger charge is 2.18. The van der Waals surface area contributed by atoms with Gasteiger partial charge in [0.05, 0.1) is 5.10 Å². The van der Waals surface area contributed by atoms with Crippen molar-refractivity contribution >= 4 is 11.3 Å². The highest BCUT2D eigenvalue weighted by Crippen LogP contribution is 1.92. The molecule has 0 unspecified atom stereocenters. The summed E-state index contributed by atoms with van der Waals surface area (Å²) in [7, 11) is 0. The molecule has 2 heterocycles. The van der Waals surface area contributed by atoms with Gasteiger partial charge < -0.3 is 10.4 Å². The van der Waals surface area contributed by atoms with E-state index in [4.69, 9.17) is 0 Å². The molecule has 2 rings (SSSR count). The van der Waals surface area contributed by atoms with Crippen LogP contribution in [0.3, 0.4) is 0 Å². The minimum atomic E-state index is -0.225. The summed E-state index contributed by atoms with van der Waals surface area (Å²) in [6.45, 7) is 0. The van der Waals surface area contributed by atoms with Crippen molar-refractivity contribution in [3.63, 3.8) is 0 Å². The topological polar surface area (TPSA) is 119 Å². The van der Waals surface area contributed by atoms with Crippen LogP contribution in [0.25, 0.3) is 11.3 Å². The lowest BCUT2D eigenvalue weighted by atomic mass is 10.8. The Morgan fingerprint density at radius 1 is 1.27 bits per heavy atom. The van der Waals surface area contributed by atoms with Crippen molar-refractivity contribution in [2.75, 3.05) is 0 Å². The van der Waals surface area contributed by atoms with E-state index in [2.05, 4.69) is 25.3 Å². The Morgan fingerprint density at radius 2 is 2.09 bits per heavy atom. The second kappa shape index (κ2) is 1.71. The van der Waals surface area contributed by atoms with Gasteiger partial charge in [0.2, 0.25) is 0 Å². The largest absolute Gasteiger partial charge is 0.588 e. The van der Waals surface area contributed by atoms with Crippen LogP contribution in [0.2, 0.25) is 0 Å². The van der Waals surface area contributed by atoms with Crippen molar-refractivity contribution in [2.45, 2.75) is 0 Å². The van der Waals surface area contributed by atoms with Crippen LogP contribution in [0.4, 0.5) is 0 Å². The molecular weight excluding hydrogens is 156 g/mol. The molecule has 0 spiro atoms. The average molecular weight is 156 g/mol. The van der Waals surface area contributed by atoms with E-state index in [0.29, 0.717) is 0 Å². The van der Waals surface area contributed by atoms with Crippen LogP contribution < -0.4 is 9.80 Å². The first-order chi connectivity index (χ1) is 5.27. The molecule has 0 saturated carbocycles. The van der Waals surface area contributed by atoms with Crippen molar-refractivity contribution in [2.24, 2.45) is 0 Å². The molecule has 9 heteroatoms. The highest BCUT2D eigenvalue weighted by atomic mass is 16.6. The molecule has 0 atom stereocenters. The highest BCUT2D eigenvalue weighted by molar-refractivity contribution is 5.56. The fourth-order valence-corrected chi connectivity index (χ4v) is 0.576. The van der Waals surface area contributed by atoms with Crippen LogP contribution in [0.15, 0.2) is 4.63 Å². The summed E-state index contributed by atoms with van der Waals surface area (Å²) in [5.41, 5.74) is -0.401. The first kappa shape index (κ1) is 5.70. The lowest BCUT2D eigenvalue weighted by Gasteiger charge is -1.86. The molecular formula is C2N6O3. The van der Waals surface area contributed by atoms with E-state index in [1.54, 1.807) is 0 Å². The predicted molar refractivity (Wildman–Crippen MR) is 25.3 cm³/mol. The van der Waals surface area contributed by atoms with Gasteiger partial charge in [-0.1, -0.05) is 0 Å². The van der Waals surface area contributed by atoms with E-state index in [1.165, 1.54) is 0 Å². The van der Waals surface area contributed by atoms with E-state index in [1.807, 2.05) is 0 Å². The van der Waals surface area contributed by atoms with Crippen LogP contribution in [0, 0.1) is 10.4 Å². The molecule has 0 aliphatic carbocycles. The average Bonchev–Trinajstić information content (AvgIpc) is 2.34. The van der Waals surface area contributed by atoms with Crippen molar-refractivity contribution in [1.82, 2.24) is 20.6 Å². The number of fused-ring (bicyclic) bond motifs is 1. The molecule has 0 aromatic carbocycles. The third-order valence-electron chi connectivity index (χ3n) is 0.974. The Bertz CT molecular complexity index is 396. The third kappa shape index (κ3) is 0.705. The monoisotopic (exact) mass is 156 g/mol. The number of nitrogens with zero attached hydrogens (tertiary/aromatic N) is 6. The van der Waals surface area contributed by atoms with Gasteiger partial charge in [-0.05, 0) is 5.16 Å². The first-order valence-corrected chi connectivity index (χ1v) is 2.47. The van der Waals surface area contributed by atoms with Gasteiger partial charge in [0, 0.05) is 10.0 Å². The molecule has 0 radical (unpaired) electrons. The summed E-state index contributed by atoms with van der Waals surface area (Å²) in [5.74, 6) is 0. The Hall–Kier alpha value is -2.06. The molecule has 0 amide bonds. The lowest BCUT2D eigenvalue weighted by molar-refractivity contribution is -0.864. The first-order valence-electron chi connectivity index (χ1n) is 2.47. The van der Waals surface area contributed by atoms with E-state index in [0.717, 1.165) is 0 Å². The summed E-state index contributed by atoms with van der Waals surface area (Å²) < 4.78 is 4.13. The smallest absolute Gasteiger partial charge is 0.435 e. The maximum Gasteiger partial charge on any atom is 0.435 e. The van der Waals surface area contributed by atoms with Gasteiger partial charge in [0.1, 0.15) is 4.96 Å². The predicted octanol–water partition coefficient (Wildman–Crippen LogP) is -2.72. The standard InChI is InChI=1S/C2N6O3/c9-7-2-1(4-11-5-2)3-8(10)6-7. The maximum atomic E-state index is 10.6. The molecule has 0 N–H and O–H groups in total. The Morgan fingerprint density at radius 3 is 2.91 bits per heavy atom.